The van der Waals surface area contributed by atoms with E-state index in [0.29, 0.717) is 4.90 Å². The molecule has 81 valence electrons. The highest BCUT2D eigenvalue weighted by molar-refractivity contribution is 7.72. The molecule has 0 fully saturated rings. The Hall–Kier alpha value is -1.81. The average molecular weight is 232 g/mol. The molecule has 0 saturated carbocycles. The van der Waals surface area contributed by atoms with Gasteiger partial charge in [0.25, 0.3) is 0 Å². The van der Waals surface area contributed by atoms with Gasteiger partial charge in [0, 0.05) is 11.4 Å². The first-order valence-corrected chi connectivity index (χ1v) is 5.91. The van der Waals surface area contributed by atoms with Crippen molar-refractivity contribution in [3.05, 3.63) is 54.6 Å². The highest BCUT2D eigenvalue weighted by atomic mass is 32.2. The molecule has 4 heteroatoms. The number of anilines is 2. The van der Waals surface area contributed by atoms with Gasteiger partial charge < -0.3 is 5.32 Å². The number of benzene rings is 2. The van der Waals surface area contributed by atoms with Crippen molar-refractivity contribution >= 4 is 22.1 Å². The van der Waals surface area contributed by atoms with E-state index in [1.807, 2.05) is 24.3 Å². The molecule has 3 nitrogen and oxygen atoms in total. The van der Waals surface area contributed by atoms with Crippen molar-refractivity contribution in [1.29, 1.82) is 0 Å². The van der Waals surface area contributed by atoms with Crippen LogP contribution in [0.25, 0.3) is 0 Å². The van der Waals surface area contributed by atoms with Crippen LogP contribution in [0.3, 0.4) is 0 Å². The average Bonchev–Trinajstić information content (AvgIpc) is 2.31. The van der Waals surface area contributed by atoms with E-state index in [4.69, 9.17) is 0 Å². The van der Waals surface area contributed by atoms with Crippen LogP contribution in [0.2, 0.25) is 0 Å². The van der Waals surface area contributed by atoms with E-state index in [1.165, 1.54) is 0 Å². The van der Waals surface area contributed by atoms with Gasteiger partial charge >= 0.3 is 0 Å². The van der Waals surface area contributed by atoms with Crippen LogP contribution in [-0.2, 0) is 10.7 Å². The zero-order valence-corrected chi connectivity index (χ0v) is 9.28. The first-order chi connectivity index (χ1) is 7.75. The van der Waals surface area contributed by atoms with Crippen LogP contribution in [0.1, 0.15) is 0 Å². The molecule has 0 bridgehead atoms. The summed E-state index contributed by atoms with van der Waals surface area (Å²) in [6.45, 7) is 0. The van der Waals surface area contributed by atoms with Crippen molar-refractivity contribution in [1.82, 2.24) is 0 Å². The van der Waals surface area contributed by atoms with Crippen LogP contribution in [0, 0.1) is 6.07 Å². The predicted molar refractivity (Wildman–Crippen MR) is 63.6 cm³/mol. The Morgan fingerprint density at radius 3 is 2.00 bits per heavy atom. The van der Waals surface area contributed by atoms with E-state index in [9.17, 15) is 8.42 Å². The third kappa shape index (κ3) is 2.61. The Morgan fingerprint density at radius 2 is 1.44 bits per heavy atom. The van der Waals surface area contributed by atoms with Crippen LogP contribution in [0.15, 0.2) is 53.4 Å². The maximum atomic E-state index is 10.7. The molecule has 0 spiro atoms. The van der Waals surface area contributed by atoms with Crippen molar-refractivity contribution in [2.45, 2.75) is 4.90 Å². The lowest BCUT2D eigenvalue weighted by molar-refractivity contribution is 0.614. The molecule has 0 atom stereocenters. The fraction of sp³-hybridized carbons (Fsp3) is 0. The summed E-state index contributed by atoms with van der Waals surface area (Å²) in [4.78, 5) is 0.321. The van der Waals surface area contributed by atoms with Crippen LogP contribution in [0.5, 0.6) is 0 Å². The summed E-state index contributed by atoms with van der Waals surface area (Å²) in [5.74, 6) is 0. The second-order valence-electron chi connectivity index (χ2n) is 3.22. The van der Waals surface area contributed by atoms with Gasteiger partial charge in [-0.2, -0.15) is 0 Å². The molecule has 0 aromatic heterocycles. The van der Waals surface area contributed by atoms with E-state index in [1.54, 1.807) is 24.3 Å². The molecule has 0 heterocycles. The minimum Gasteiger partial charge on any atom is -0.356 e. The third-order valence-electron chi connectivity index (χ3n) is 2.09. The molecule has 0 amide bonds. The Morgan fingerprint density at radius 1 is 0.875 bits per heavy atom. The third-order valence-corrected chi connectivity index (χ3v) is 2.80. The van der Waals surface area contributed by atoms with Crippen molar-refractivity contribution in [3.63, 3.8) is 0 Å². The summed E-state index contributed by atoms with van der Waals surface area (Å²) in [6, 6.07) is 16.9. The largest absolute Gasteiger partial charge is 0.356 e. The minimum absolute atomic E-state index is 0.321. The molecule has 1 N–H and O–H groups in total. The SMILES string of the molecule is O=[SH](=O)c1ccc(Nc2cc[c]cc2)cc1. The lowest BCUT2D eigenvalue weighted by Gasteiger charge is -2.05. The van der Waals surface area contributed by atoms with Crippen molar-refractivity contribution in [3.8, 4) is 0 Å². The fourth-order valence-electron chi connectivity index (χ4n) is 1.30. The first-order valence-electron chi connectivity index (χ1n) is 4.73. The van der Waals surface area contributed by atoms with Gasteiger partial charge in [-0.1, -0.05) is 12.1 Å². The van der Waals surface area contributed by atoms with Gasteiger partial charge in [-0.15, -0.1) is 0 Å². The smallest absolute Gasteiger partial charge is 0.168 e. The van der Waals surface area contributed by atoms with E-state index in [2.05, 4.69) is 11.4 Å². The molecule has 2 rings (SSSR count). The second-order valence-corrected chi connectivity index (χ2v) is 4.25. The Balaban J connectivity index is 2.17. The van der Waals surface area contributed by atoms with Crippen molar-refractivity contribution < 1.29 is 8.42 Å². The summed E-state index contributed by atoms with van der Waals surface area (Å²) in [6.07, 6.45) is 0. The summed E-state index contributed by atoms with van der Waals surface area (Å²) < 4.78 is 21.4. The number of rotatable bonds is 3. The minimum atomic E-state index is -2.50. The quantitative estimate of drug-likeness (QED) is 0.797. The van der Waals surface area contributed by atoms with Crippen LogP contribution < -0.4 is 5.32 Å². The highest BCUT2D eigenvalue weighted by Crippen LogP contribution is 2.16. The molecule has 0 aliphatic carbocycles. The molecule has 0 saturated heterocycles. The van der Waals surface area contributed by atoms with Crippen molar-refractivity contribution in [2.24, 2.45) is 0 Å². The molecule has 2 aromatic carbocycles. The topological polar surface area (TPSA) is 46.2 Å². The number of nitrogens with one attached hydrogen (secondary N) is 1. The van der Waals surface area contributed by atoms with Gasteiger partial charge in [0.1, 0.15) is 0 Å². The molecular weight excluding hydrogens is 222 g/mol. The van der Waals surface area contributed by atoms with E-state index < -0.39 is 10.7 Å². The van der Waals surface area contributed by atoms with Crippen molar-refractivity contribution in [2.75, 3.05) is 5.32 Å². The van der Waals surface area contributed by atoms with Crippen LogP contribution >= 0.6 is 0 Å². The standard InChI is InChI=1S/C12H10NO2S/c14-16(15)12-8-6-11(7-9-12)13-10-4-2-1-3-5-10/h2-9,13,16H. The molecule has 16 heavy (non-hydrogen) atoms. The highest BCUT2D eigenvalue weighted by Gasteiger charge is 1.96. The zero-order valence-electron chi connectivity index (χ0n) is 8.38. The Labute approximate surface area is 95.7 Å². The molecule has 0 unspecified atom stereocenters. The maximum Gasteiger partial charge on any atom is 0.168 e. The Kier molecular flexibility index (Phi) is 3.22. The van der Waals surface area contributed by atoms with Crippen LogP contribution in [0.4, 0.5) is 11.4 Å². The van der Waals surface area contributed by atoms with Gasteiger partial charge in [-0.25, -0.2) is 8.42 Å². The maximum absolute atomic E-state index is 10.7. The van der Waals surface area contributed by atoms with Gasteiger partial charge in [-0.3, -0.25) is 0 Å². The first kappa shape index (κ1) is 10.7. The molecule has 1 radical (unpaired) electrons. The zero-order chi connectivity index (χ0) is 11.4. The summed E-state index contributed by atoms with van der Waals surface area (Å²) in [5, 5.41) is 3.15. The normalized spacial score (nSPS) is 10.3. The predicted octanol–water partition coefficient (Wildman–Crippen LogP) is 2.20. The summed E-state index contributed by atoms with van der Waals surface area (Å²) in [7, 11) is -2.50. The van der Waals surface area contributed by atoms with Crippen LogP contribution in [-0.4, -0.2) is 8.42 Å². The van der Waals surface area contributed by atoms with E-state index in [0.717, 1.165) is 11.4 Å². The van der Waals surface area contributed by atoms with Gasteiger partial charge in [0.2, 0.25) is 0 Å². The lowest BCUT2D eigenvalue weighted by Crippen LogP contribution is -1.89. The fourth-order valence-corrected chi connectivity index (χ4v) is 1.70. The van der Waals surface area contributed by atoms with Gasteiger partial charge in [0.05, 0.1) is 4.90 Å². The lowest BCUT2D eigenvalue weighted by atomic mass is 10.3. The molecule has 0 aliphatic rings. The van der Waals surface area contributed by atoms with Gasteiger partial charge in [0.15, 0.2) is 10.7 Å². The van der Waals surface area contributed by atoms with E-state index in [-0.39, 0.29) is 0 Å². The molecule has 2 aromatic rings. The number of thiol groups is 1. The summed E-state index contributed by atoms with van der Waals surface area (Å²) in [5.41, 5.74) is 1.80. The van der Waals surface area contributed by atoms with E-state index >= 15 is 0 Å². The number of hydrogen-bond donors (Lipinski definition) is 2. The molecular formula is C12H10NO2S. The monoisotopic (exact) mass is 232 g/mol. The molecule has 0 aliphatic heterocycles. The summed E-state index contributed by atoms with van der Waals surface area (Å²) >= 11 is 0. The van der Waals surface area contributed by atoms with Gasteiger partial charge in [-0.05, 0) is 42.5 Å². The second kappa shape index (κ2) is 4.81. The number of hydrogen-bond acceptors (Lipinski definition) is 3. The Bertz CT molecular complexity index is 525.